The van der Waals surface area contributed by atoms with Gasteiger partial charge in [0.2, 0.25) is 0 Å². The first-order valence-electron chi connectivity index (χ1n) is 5.51. The van der Waals surface area contributed by atoms with Crippen molar-refractivity contribution in [3.8, 4) is 10.4 Å². The lowest BCUT2D eigenvalue weighted by atomic mass is 10.2. The molecular weight excluding hydrogens is 288 g/mol. The predicted molar refractivity (Wildman–Crippen MR) is 77.1 cm³/mol. The Morgan fingerprint density at radius 3 is 2.22 bits per heavy atom. The molecule has 96 valence electrons. The van der Waals surface area contributed by atoms with Crippen molar-refractivity contribution in [1.82, 2.24) is 0 Å². The van der Waals surface area contributed by atoms with Gasteiger partial charge in [0.05, 0.1) is 5.25 Å². The van der Waals surface area contributed by atoms with E-state index in [9.17, 15) is 8.42 Å². The van der Waals surface area contributed by atoms with Gasteiger partial charge in [-0.25, -0.2) is 8.42 Å². The van der Waals surface area contributed by atoms with E-state index in [4.69, 9.17) is 11.6 Å². The third-order valence-corrected chi connectivity index (χ3v) is 6.68. The van der Waals surface area contributed by atoms with E-state index in [-0.39, 0.29) is 0 Å². The first-order chi connectivity index (χ1) is 8.41. The largest absolute Gasteiger partial charge is 0.223 e. The second kappa shape index (κ2) is 5.03. The zero-order valence-corrected chi connectivity index (χ0v) is 12.4. The molecule has 0 spiro atoms. The Kier molecular flexibility index (Phi) is 3.80. The highest BCUT2D eigenvalue weighted by Crippen LogP contribution is 2.32. The third kappa shape index (κ3) is 2.60. The zero-order chi connectivity index (χ0) is 13.3. The second-order valence-corrected chi connectivity index (χ2v) is 8.47. The minimum Gasteiger partial charge on any atom is -0.223 e. The molecule has 2 nitrogen and oxygen atoms in total. The molecule has 2 aromatic rings. The average Bonchev–Trinajstić information content (AvgIpc) is 2.79. The highest BCUT2D eigenvalue weighted by atomic mass is 35.5. The topological polar surface area (TPSA) is 34.1 Å². The van der Waals surface area contributed by atoms with Crippen LogP contribution in [0.3, 0.4) is 0 Å². The molecular formula is C13H13ClO2S2. The maximum atomic E-state index is 12.0. The smallest absolute Gasteiger partial charge is 0.190 e. The van der Waals surface area contributed by atoms with E-state index in [0.717, 1.165) is 10.4 Å². The Balaban J connectivity index is 2.40. The minimum atomic E-state index is -3.18. The quantitative estimate of drug-likeness (QED) is 0.849. The molecule has 0 atom stereocenters. The number of benzene rings is 1. The first-order valence-corrected chi connectivity index (χ1v) is 8.25. The van der Waals surface area contributed by atoms with E-state index in [1.807, 2.05) is 18.2 Å². The molecule has 0 fully saturated rings. The summed E-state index contributed by atoms with van der Waals surface area (Å²) in [6.07, 6.45) is 0. The van der Waals surface area contributed by atoms with Crippen LogP contribution < -0.4 is 0 Å². The zero-order valence-electron chi connectivity index (χ0n) is 10.1. The van der Waals surface area contributed by atoms with Gasteiger partial charge in [0.1, 0.15) is 4.21 Å². The van der Waals surface area contributed by atoms with Crippen LogP contribution in [0.1, 0.15) is 13.8 Å². The molecule has 0 aliphatic carbocycles. The maximum absolute atomic E-state index is 12.0. The normalized spacial score (nSPS) is 12.0. The fraction of sp³-hybridized carbons (Fsp3) is 0.231. The Morgan fingerprint density at radius 2 is 1.67 bits per heavy atom. The molecule has 0 saturated carbocycles. The number of thiophene rings is 1. The molecule has 0 amide bonds. The summed E-state index contributed by atoms with van der Waals surface area (Å²) < 4.78 is 24.5. The fourth-order valence-electron chi connectivity index (χ4n) is 1.47. The fourth-order valence-corrected chi connectivity index (χ4v) is 4.38. The van der Waals surface area contributed by atoms with Crippen molar-refractivity contribution < 1.29 is 8.42 Å². The van der Waals surface area contributed by atoms with Crippen LogP contribution in [0.15, 0.2) is 40.6 Å². The van der Waals surface area contributed by atoms with Crippen molar-refractivity contribution in [3.63, 3.8) is 0 Å². The molecule has 0 N–H and O–H groups in total. The number of sulfone groups is 1. The monoisotopic (exact) mass is 300 g/mol. The van der Waals surface area contributed by atoms with Crippen LogP contribution in [0, 0.1) is 0 Å². The lowest BCUT2D eigenvalue weighted by Crippen LogP contribution is -2.12. The van der Waals surface area contributed by atoms with E-state index in [1.165, 1.54) is 11.3 Å². The Labute approximate surface area is 116 Å². The van der Waals surface area contributed by atoms with Gasteiger partial charge in [0.15, 0.2) is 9.84 Å². The van der Waals surface area contributed by atoms with Gasteiger partial charge in [0, 0.05) is 9.90 Å². The summed E-state index contributed by atoms with van der Waals surface area (Å²) in [6.45, 7) is 3.38. The Hall–Kier alpha value is -0.840. The van der Waals surface area contributed by atoms with Gasteiger partial charge in [-0.15, -0.1) is 11.3 Å². The van der Waals surface area contributed by atoms with Crippen molar-refractivity contribution in [2.75, 3.05) is 0 Å². The van der Waals surface area contributed by atoms with Gasteiger partial charge < -0.3 is 0 Å². The van der Waals surface area contributed by atoms with E-state index in [0.29, 0.717) is 9.23 Å². The van der Waals surface area contributed by atoms with Gasteiger partial charge >= 0.3 is 0 Å². The van der Waals surface area contributed by atoms with Crippen LogP contribution in [0.4, 0.5) is 0 Å². The van der Waals surface area contributed by atoms with E-state index < -0.39 is 15.1 Å². The van der Waals surface area contributed by atoms with Gasteiger partial charge in [-0.3, -0.25) is 0 Å². The molecule has 5 heteroatoms. The third-order valence-electron chi connectivity index (χ3n) is 2.61. The average molecular weight is 301 g/mol. The summed E-state index contributed by atoms with van der Waals surface area (Å²) in [5.74, 6) is 0. The molecule has 0 unspecified atom stereocenters. The lowest BCUT2D eigenvalue weighted by Gasteiger charge is -2.03. The van der Waals surface area contributed by atoms with Gasteiger partial charge in [-0.05, 0) is 43.7 Å². The van der Waals surface area contributed by atoms with Crippen LogP contribution >= 0.6 is 22.9 Å². The van der Waals surface area contributed by atoms with Crippen molar-refractivity contribution >= 4 is 32.8 Å². The van der Waals surface area contributed by atoms with Crippen molar-refractivity contribution in [3.05, 3.63) is 41.4 Å². The van der Waals surface area contributed by atoms with Crippen LogP contribution in [0.2, 0.25) is 5.02 Å². The molecule has 2 rings (SSSR count). The standard InChI is InChI=1S/C13H13ClO2S2/c1-9(2)18(15,16)13-8-7-12(17-13)10-3-5-11(14)6-4-10/h3-9H,1-2H3. The summed E-state index contributed by atoms with van der Waals surface area (Å²) in [6, 6.07) is 10.9. The van der Waals surface area contributed by atoms with Crippen molar-refractivity contribution in [1.29, 1.82) is 0 Å². The number of rotatable bonds is 3. The summed E-state index contributed by atoms with van der Waals surface area (Å²) in [7, 11) is -3.18. The van der Waals surface area contributed by atoms with Gasteiger partial charge in [0.25, 0.3) is 0 Å². The maximum Gasteiger partial charge on any atom is 0.190 e. The highest BCUT2D eigenvalue weighted by molar-refractivity contribution is 7.94. The summed E-state index contributed by atoms with van der Waals surface area (Å²) in [5, 5.41) is 0.277. The van der Waals surface area contributed by atoms with Crippen LogP contribution in [-0.4, -0.2) is 13.7 Å². The van der Waals surface area contributed by atoms with Crippen molar-refractivity contribution in [2.45, 2.75) is 23.3 Å². The Morgan fingerprint density at radius 1 is 1.06 bits per heavy atom. The van der Waals surface area contributed by atoms with Gasteiger partial charge in [-0.1, -0.05) is 23.7 Å². The summed E-state index contributed by atoms with van der Waals surface area (Å²) in [4.78, 5) is 0.936. The molecule has 1 aromatic heterocycles. The molecule has 0 radical (unpaired) electrons. The van der Waals surface area contributed by atoms with Crippen LogP contribution in [0.5, 0.6) is 0 Å². The first kappa shape index (κ1) is 13.6. The Bertz CT molecular complexity index is 640. The molecule has 0 saturated heterocycles. The minimum absolute atomic E-state index is 0.394. The van der Waals surface area contributed by atoms with E-state index in [2.05, 4.69) is 0 Å². The molecule has 0 aliphatic heterocycles. The van der Waals surface area contributed by atoms with E-state index >= 15 is 0 Å². The summed E-state index contributed by atoms with van der Waals surface area (Å²) >= 11 is 7.12. The number of hydrogen-bond donors (Lipinski definition) is 0. The molecule has 1 aromatic carbocycles. The second-order valence-electron chi connectivity index (χ2n) is 4.22. The predicted octanol–water partition coefficient (Wildman–Crippen LogP) is 4.25. The molecule has 18 heavy (non-hydrogen) atoms. The van der Waals surface area contributed by atoms with Crippen LogP contribution in [0.25, 0.3) is 10.4 Å². The van der Waals surface area contributed by atoms with Crippen LogP contribution in [-0.2, 0) is 9.84 Å². The van der Waals surface area contributed by atoms with Gasteiger partial charge in [-0.2, -0.15) is 0 Å². The van der Waals surface area contributed by atoms with E-state index in [1.54, 1.807) is 32.0 Å². The lowest BCUT2D eigenvalue weighted by molar-refractivity contribution is 0.589. The molecule has 1 heterocycles. The summed E-state index contributed by atoms with van der Waals surface area (Å²) in [5.41, 5.74) is 0.981. The number of hydrogen-bond acceptors (Lipinski definition) is 3. The van der Waals surface area contributed by atoms with Crippen molar-refractivity contribution in [2.24, 2.45) is 0 Å². The molecule has 0 aliphatic rings. The number of halogens is 1. The molecule has 0 bridgehead atoms. The SMILES string of the molecule is CC(C)S(=O)(=O)c1ccc(-c2ccc(Cl)cc2)s1. The highest BCUT2D eigenvalue weighted by Gasteiger charge is 2.21.